The van der Waals surface area contributed by atoms with Gasteiger partial charge < -0.3 is 9.84 Å². The summed E-state index contributed by atoms with van der Waals surface area (Å²) < 4.78 is 32.7. The average Bonchev–Trinajstić information content (AvgIpc) is 3.34. The van der Waals surface area contributed by atoms with Crippen LogP contribution >= 0.6 is 0 Å². The molecule has 1 saturated carbocycles. The van der Waals surface area contributed by atoms with E-state index >= 15 is 0 Å². The van der Waals surface area contributed by atoms with Gasteiger partial charge in [0, 0.05) is 5.56 Å². The molecule has 5 heteroatoms. The second-order valence-electron chi connectivity index (χ2n) is 8.12. The van der Waals surface area contributed by atoms with Crippen LogP contribution in [0.5, 0.6) is 0 Å². The number of ether oxygens (including phenoxy) is 1. The summed E-state index contributed by atoms with van der Waals surface area (Å²) in [5.74, 6) is -1.03. The van der Waals surface area contributed by atoms with E-state index < -0.39 is 5.97 Å². The highest BCUT2D eigenvalue weighted by molar-refractivity contribution is 6.05. The predicted octanol–water partition coefficient (Wildman–Crippen LogP) is 6.63. The lowest BCUT2D eigenvalue weighted by Gasteiger charge is -2.24. The lowest BCUT2D eigenvalue weighted by atomic mass is 9.81. The molecule has 166 valence electrons. The van der Waals surface area contributed by atoms with Crippen LogP contribution in [0.1, 0.15) is 60.0 Å². The van der Waals surface area contributed by atoms with E-state index in [0.29, 0.717) is 33.4 Å². The summed E-state index contributed by atoms with van der Waals surface area (Å²) in [4.78, 5) is 13.2. The molecule has 1 aliphatic rings. The highest BCUT2D eigenvalue weighted by Crippen LogP contribution is 2.44. The molecule has 0 atom stereocenters. The first-order chi connectivity index (χ1) is 15.5. The fourth-order valence-corrected chi connectivity index (χ4v) is 4.72. The van der Waals surface area contributed by atoms with E-state index in [2.05, 4.69) is 0 Å². The molecular weight excluding hydrogens is 410 g/mol. The fraction of sp³-hybridized carbons (Fsp3) is 0.296. The van der Waals surface area contributed by atoms with Gasteiger partial charge in [-0.2, -0.15) is 0 Å². The zero-order chi connectivity index (χ0) is 22.7. The number of aliphatic hydroxyl groups excluding tert-OH is 1. The standard InChI is InChI=1S/C27H26F2O3/c1-2-32-27(31)26-23(18-7-11-20(28)12-8-18)15-22(17-5-3-4-6-17)24(16-30)25(26)19-9-13-21(29)14-10-19/h7-15,17,30H,2-6,16H2,1H3. The molecule has 1 aliphatic carbocycles. The van der Waals surface area contributed by atoms with E-state index in [1.54, 1.807) is 31.2 Å². The molecule has 0 spiro atoms. The fourth-order valence-electron chi connectivity index (χ4n) is 4.72. The van der Waals surface area contributed by atoms with Crippen LogP contribution in [0.3, 0.4) is 0 Å². The van der Waals surface area contributed by atoms with Gasteiger partial charge in [-0.15, -0.1) is 0 Å². The Labute approximate surface area is 186 Å². The van der Waals surface area contributed by atoms with E-state index in [1.807, 2.05) is 6.07 Å². The van der Waals surface area contributed by atoms with Crippen molar-refractivity contribution in [2.24, 2.45) is 0 Å². The average molecular weight is 436 g/mol. The molecule has 0 bridgehead atoms. The number of esters is 1. The zero-order valence-corrected chi connectivity index (χ0v) is 18.0. The van der Waals surface area contributed by atoms with Gasteiger partial charge in [-0.1, -0.05) is 37.1 Å². The molecule has 3 aromatic rings. The number of hydrogen-bond acceptors (Lipinski definition) is 3. The molecular formula is C27H26F2O3. The van der Waals surface area contributed by atoms with Gasteiger partial charge in [0.2, 0.25) is 0 Å². The number of hydrogen-bond donors (Lipinski definition) is 1. The first-order valence-electron chi connectivity index (χ1n) is 11.0. The second-order valence-corrected chi connectivity index (χ2v) is 8.12. The number of rotatable bonds is 6. The SMILES string of the molecule is CCOC(=O)c1c(-c2ccc(F)cc2)cc(C2CCCC2)c(CO)c1-c1ccc(F)cc1. The van der Waals surface area contributed by atoms with Gasteiger partial charge in [-0.25, -0.2) is 13.6 Å². The zero-order valence-electron chi connectivity index (χ0n) is 18.0. The Hall–Kier alpha value is -3.05. The maximum Gasteiger partial charge on any atom is 0.339 e. The molecule has 0 amide bonds. The van der Waals surface area contributed by atoms with Crippen molar-refractivity contribution in [1.29, 1.82) is 0 Å². The van der Waals surface area contributed by atoms with Gasteiger partial charge in [0.1, 0.15) is 11.6 Å². The monoisotopic (exact) mass is 436 g/mol. The van der Waals surface area contributed by atoms with Gasteiger partial charge >= 0.3 is 5.97 Å². The number of carbonyl (C=O) groups excluding carboxylic acids is 1. The maximum absolute atomic E-state index is 13.7. The van der Waals surface area contributed by atoms with E-state index in [9.17, 15) is 18.7 Å². The number of benzene rings is 3. The van der Waals surface area contributed by atoms with Gasteiger partial charge in [0.05, 0.1) is 18.8 Å². The molecule has 4 rings (SSSR count). The summed E-state index contributed by atoms with van der Waals surface area (Å²) >= 11 is 0. The topological polar surface area (TPSA) is 46.5 Å². The van der Waals surface area contributed by atoms with E-state index in [4.69, 9.17) is 4.74 Å². The molecule has 0 aromatic heterocycles. The molecule has 32 heavy (non-hydrogen) atoms. The Bertz CT molecular complexity index is 1100. The lowest BCUT2D eigenvalue weighted by Crippen LogP contribution is -2.13. The largest absolute Gasteiger partial charge is 0.462 e. The van der Waals surface area contributed by atoms with Crippen molar-refractivity contribution in [1.82, 2.24) is 0 Å². The Morgan fingerprint density at radius 2 is 1.53 bits per heavy atom. The third-order valence-corrected chi connectivity index (χ3v) is 6.19. The van der Waals surface area contributed by atoms with Crippen LogP contribution in [0.25, 0.3) is 22.3 Å². The minimum absolute atomic E-state index is 0.184. The van der Waals surface area contributed by atoms with Gasteiger partial charge in [0.15, 0.2) is 0 Å². The minimum Gasteiger partial charge on any atom is -0.462 e. The van der Waals surface area contributed by atoms with Gasteiger partial charge in [-0.3, -0.25) is 0 Å². The molecule has 3 aromatic carbocycles. The van der Waals surface area contributed by atoms with Crippen molar-refractivity contribution in [3.63, 3.8) is 0 Å². The molecule has 0 radical (unpaired) electrons. The first-order valence-corrected chi connectivity index (χ1v) is 11.0. The summed E-state index contributed by atoms with van der Waals surface area (Å²) in [5, 5.41) is 10.4. The highest BCUT2D eigenvalue weighted by Gasteiger charge is 2.29. The predicted molar refractivity (Wildman–Crippen MR) is 120 cm³/mol. The molecule has 3 nitrogen and oxygen atoms in total. The van der Waals surface area contributed by atoms with Crippen molar-refractivity contribution in [2.45, 2.75) is 45.1 Å². The van der Waals surface area contributed by atoms with Gasteiger partial charge in [0.25, 0.3) is 0 Å². The molecule has 0 saturated heterocycles. The quantitative estimate of drug-likeness (QED) is 0.442. The van der Waals surface area contributed by atoms with E-state index in [1.165, 1.54) is 24.3 Å². The van der Waals surface area contributed by atoms with Crippen LogP contribution in [0.2, 0.25) is 0 Å². The summed E-state index contributed by atoms with van der Waals surface area (Å²) in [6.45, 7) is 1.66. The van der Waals surface area contributed by atoms with E-state index in [-0.39, 0.29) is 30.8 Å². The summed E-state index contributed by atoms with van der Waals surface area (Å²) in [7, 11) is 0. The minimum atomic E-state index is -0.529. The third-order valence-electron chi connectivity index (χ3n) is 6.19. The van der Waals surface area contributed by atoms with E-state index in [0.717, 1.165) is 31.2 Å². The lowest BCUT2D eigenvalue weighted by molar-refractivity contribution is 0.0528. The summed E-state index contributed by atoms with van der Waals surface area (Å²) in [6.07, 6.45) is 4.20. The van der Waals surface area contributed by atoms with Crippen LogP contribution in [-0.2, 0) is 11.3 Å². The second kappa shape index (κ2) is 9.61. The third kappa shape index (κ3) is 4.30. The summed E-state index contributed by atoms with van der Waals surface area (Å²) in [6, 6.07) is 13.8. The Balaban J connectivity index is 2.08. The molecule has 0 aliphatic heterocycles. The van der Waals surface area contributed by atoms with Crippen LogP contribution in [0.4, 0.5) is 8.78 Å². The van der Waals surface area contributed by atoms with Crippen molar-refractivity contribution < 1.29 is 23.4 Å². The van der Waals surface area contributed by atoms with Crippen LogP contribution in [0, 0.1) is 11.6 Å². The van der Waals surface area contributed by atoms with Crippen molar-refractivity contribution >= 4 is 5.97 Å². The summed E-state index contributed by atoms with van der Waals surface area (Å²) in [5.41, 5.74) is 4.43. The van der Waals surface area contributed by atoms with Crippen LogP contribution in [0.15, 0.2) is 54.6 Å². The Morgan fingerprint density at radius 1 is 0.969 bits per heavy atom. The van der Waals surface area contributed by atoms with Crippen molar-refractivity contribution in [2.75, 3.05) is 6.61 Å². The number of halogens is 2. The van der Waals surface area contributed by atoms with Crippen molar-refractivity contribution in [3.05, 3.63) is 82.9 Å². The van der Waals surface area contributed by atoms with Crippen molar-refractivity contribution in [3.8, 4) is 22.3 Å². The normalized spacial score (nSPS) is 14.0. The first kappa shape index (κ1) is 22.2. The number of aliphatic hydroxyl groups is 1. The van der Waals surface area contributed by atoms with Crippen LogP contribution < -0.4 is 0 Å². The smallest absolute Gasteiger partial charge is 0.339 e. The molecule has 1 N–H and O–H groups in total. The molecule has 0 heterocycles. The molecule has 0 unspecified atom stereocenters. The Kier molecular flexibility index (Phi) is 6.66. The van der Waals surface area contributed by atoms with Gasteiger partial charge in [-0.05, 0) is 83.8 Å². The molecule has 1 fully saturated rings. The number of carbonyl (C=O) groups is 1. The maximum atomic E-state index is 13.7. The highest BCUT2D eigenvalue weighted by atomic mass is 19.1. The Morgan fingerprint density at radius 3 is 2.06 bits per heavy atom. The van der Waals surface area contributed by atoms with Crippen LogP contribution in [-0.4, -0.2) is 17.7 Å².